The summed E-state index contributed by atoms with van der Waals surface area (Å²) in [6.45, 7) is 8.25. The van der Waals surface area contributed by atoms with Crippen molar-refractivity contribution in [3.63, 3.8) is 0 Å². The van der Waals surface area contributed by atoms with Gasteiger partial charge in [-0.2, -0.15) is 0 Å². The van der Waals surface area contributed by atoms with Crippen LogP contribution in [0, 0.1) is 0 Å². The number of benzene rings is 1. The summed E-state index contributed by atoms with van der Waals surface area (Å²) in [5.74, 6) is 0. The number of nitrogens with one attached hydrogen (secondary N) is 1. The Bertz CT molecular complexity index is 458. The van der Waals surface area contributed by atoms with Gasteiger partial charge >= 0.3 is 0 Å². The molecule has 1 unspecified atom stereocenters. The average Bonchev–Trinajstić information content (AvgIpc) is 2.61. The van der Waals surface area contributed by atoms with Crippen molar-refractivity contribution in [3.8, 4) is 0 Å². The van der Waals surface area contributed by atoms with E-state index in [2.05, 4.69) is 47.3 Å². The van der Waals surface area contributed by atoms with Crippen molar-refractivity contribution < 1.29 is 0 Å². The molecule has 0 aliphatic carbocycles. The molecule has 3 rings (SSSR count). The smallest absolute Gasteiger partial charge is 0.0375 e. The molecule has 2 heterocycles. The molecule has 0 aromatic heterocycles. The second-order valence-electron chi connectivity index (χ2n) is 6.41. The van der Waals surface area contributed by atoms with E-state index >= 15 is 0 Å². The predicted octanol–water partition coefficient (Wildman–Crippen LogP) is 2.57. The van der Waals surface area contributed by atoms with Crippen molar-refractivity contribution in [3.05, 3.63) is 29.3 Å². The number of nitrogens with zero attached hydrogens (tertiary/aromatic N) is 2. The van der Waals surface area contributed by atoms with Gasteiger partial charge in [-0.05, 0) is 57.0 Å². The van der Waals surface area contributed by atoms with E-state index in [1.54, 1.807) is 5.56 Å². The lowest BCUT2D eigenvalue weighted by Crippen LogP contribution is -2.37. The van der Waals surface area contributed by atoms with Crippen molar-refractivity contribution in [1.29, 1.82) is 0 Å². The second kappa shape index (κ2) is 6.15. The first kappa shape index (κ1) is 13.9. The lowest BCUT2D eigenvalue weighted by molar-refractivity contribution is 0.194. The highest BCUT2D eigenvalue weighted by molar-refractivity contribution is 5.56. The molecule has 2 aliphatic heterocycles. The zero-order chi connectivity index (χ0) is 13.9. The fraction of sp³-hybridized carbons (Fsp3) is 0.647. The van der Waals surface area contributed by atoms with E-state index in [9.17, 15) is 0 Å². The van der Waals surface area contributed by atoms with Crippen molar-refractivity contribution in [2.24, 2.45) is 0 Å². The Hall–Kier alpha value is -1.06. The van der Waals surface area contributed by atoms with Gasteiger partial charge in [0.15, 0.2) is 0 Å². The van der Waals surface area contributed by atoms with Crippen LogP contribution in [-0.2, 0) is 13.0 Å². The topological polar surface area (TPSA) is 18.5 Å². The fourth-order valence-corrected chi connectivity index (χ4v) is 3.61. The van der Waals surface area contributed by atoms with Crippen LogP contribution in [0.3, 0.4) is 0 Å². The standard InChI is InChI=1S/C17H27N3/c1-14-12-19(2)10-5-11-20(14)13-15-6-3-8-17-16(15)7-4-9-18-17/h3,6,8,14,18H,4-5,7,9-13H2,1-2H3. The first-order valence-electron chi connectivity index (χ1n) is 8.01. The monoisotopic (exact) mass is 273 g/mol. The van der Waals surface area contributed by atoms with Gasteiger partial charge in [-0.1, -0.05) is 12.1 Å². The number of anilines is 1. The predicted molar refractivity (Wildman–Crippen MR) is 85.2 cm³/mol. The molecule has 2 aliphatic rings. The summed E-state index contributed by atoms with van der Waals surface area (Å²) in [4.78, 5) is 5.13. The lowest BCUT2D eigenvalue weighted by Gasteiger charge is -2.30. The summed E-state index contributed by atoms with van der Waals surface area (Å²) in [7, 11) is 2.24. The Labute approximate surface area is 123 Å². The average molecular weight is 273 g/mol. The summed E-state index contributed by atoms with van der Waals surface area (Å²) < 4.78 is 0. The van der Waals surface area contributed by atoms with E-state index in [1.807, 2.05) is 0 Å². The molecule has 1 saturated heterocycles. The highest BCUT2D eigenvalue weighted by atomic mass is 15.2. The van der Waals surface area contributed by atoms with Gasteiger partial charge in [0.2, 0.25) is 0 Å². The fourth-order valence-electron chi connectivity index (χ4n) is 3.61. The minimum absolute atomic E-state index is 0.648. The van der Waals surface area contributed by atoms with Gasteiger partial charge < -0.3 is 10.2 Å². The molecule has 1 atom stereocenters. The van der Waals surface area contributed by atoms with Gasteiger partial charge in [0.05, 0.1) is 0 Å². The van der Waals surface area contributed by atoms with Gasteiger partial charge in [0, 0.05) is 37.9 Å². The van der Waals surface area contributed by atoms with Crippen LogP contribution in [0.2, 0.25) is 0 Å². The Morgan fingerprint density at radius 2 is 2.15 bits per heavy atom. The van der Waals surface area contributed by atoms with Crippen molar-refractivity contribution in [2.75, 3.05) is 38.5 Å². The SMILES string of the molecule is CC1CN(C)CCCN1Cc1cccc2c1CCCN2. The van der Waals surface area contributed by atoms with Gasteiger partial charge in [-0.25, -0.2) is 0 Å². The van der Waals surface area contributed by atoms with Crippen LogP contribution >= 0.6 is 0 Å². The number of hydrogen-bond donors (Lipinski definition) is 1. The molecule has 3 heteroatoms. The number of likely N-dealkylation sites (N-methyl/N-ethyl adjacent to an activating group) is 1. The summed E-state index contributed by atoms with van der Waals surface area (Å²) in [5.41, 5.74) is 4.46. The molecule has 1 N–H and O–H groups in total. The van der Waals surface area contributed by atoms with Crippen LogP contribution in [0.1, 0.15) is 30.9 Å². The van der Waals surface area contributed by atoms with Gasteiger partial charge in [-0.15, -0.1) is 0 Å². The Morgan fingerprint density at radius 3 is 3.05 bits per heavy atom. The summed E-state index contributed by atoms with van der Waals surface area (Å²) in [5, 5.41) is 3.54. The van der Waals surface area contributed by atoms with Crippen molar-refractivity contribution in [2.45, 2.75) is 38.8 Å². The van der Waals surface area contributed by atoms with E-state index in [-0.39, 0.29) is 0 Å². The molecule has 110 valence electrons. The van der Waals surface area contributed by atoms with Gasteiger partial charge in [0.25, 0.3) is 0 Å². The third-order valence-corrected chi connectivity index (χ3v) is 4.75. The molecule has 3 nitrogen and oxygen atoms in total. The maximum Gasteiger partial charge on any atom is 0.0375 e. The normalized spacial score (nSPS) is 24.8. The third kappa shape index (κ3) is 2.99. The zero-order valence-corrected chi connectivity index (χ0v) is 12.9. The van der Waals surface area contributed by atoms with E-state index in [0.29, 0.717) is 6.04 Å². The van der Waals surface area contributed by atoms with Crippen molar-refractivity contribution >= 4 is 5.69 Å². The molecule has 0 bridgehead atoms. The quantitative estimate of drug-likeness (QED) is 0.893. The minimum atomic E-state index is 0.648. The number of rotatable bonds is 2. The summed E-state index contributed by atoms with van der Waals surface area (Å²) in [6, 6.07) is 7.42. The van der Waals surface area contributed by atoms with Crippen LogP contribution < -0.4 is 5.32 Å². The first-order chi connectivity index (χ1) is 9.74. The van der Waals surface area contributed by atoms with E-state index in [4.69, 9.17) is 0 Å². The molecule has 0 amide bonds. The van der Waals surface area contributed by atoms with E-state index in [1.165, 1.54) is 50.1 Å². The molecule has 1 aromatic rings. The number of hydrogen-bond acceptors (Lipinski definition) is 3. The third-order valence-electron chi connectivity index (χ3n) is 4.75. The molecule has 20 heavy (non-hydrogen) atoms. The summed E-state index contributed by atoms with van der Waals surface area (Å²) in [6.07, 6.45) is 3.79. The molecular weight excluding hydrogens is 246 g/mol. The minimum Gasteiger partial charge on any atom is -0.385 e. The van der Waals surface area contributed by atoms with Gasteiger partial charge in [-0.3, -0.25) is 4.90 Å². The molecule has 1 aromatic carbocycles. The Kier molecular flexibility index (Phi) is 4.27. The van der Waals surface area contributed by atoms with E-state index in [0.717, 1.165) is 13.1 Å². The lowest BCUT2D eigenvalue weighted by atomic mass is 9.97. The molecule has 1 fully saturated rings. The summed E-state index contributed by atoms with van der Waals surface area (Å²) >= 11 is 0. The van der Waals surface area contributed by atoms with Crippen LogP contribution in [0.15, 0.2) is 18.2 Å². The Morgan fingerprint density at radius 1 is 1.25 bits per heavy atom. The molecule has 0 radical (unpaired) electrons. The van der Waals surface area contributed by atoms with Crippen LogP contribution in [0.25, 0.3) is 0 Å². The first-order valence-corrected chi connectivity index (χ1v) is 8.01. The van der Waals surface area contributed by atoms with Crippen LogP contribution in [-0.4, -0.2) is 49.1 Å². The van der Waals surface area contributed by atoms with Crippen LogP contribution in [0.4, 0.5) is 5.69 Å². The Balaban J connectivity index is 1.77. The van der Waals surface area contributed by atoms with E-state index < -0.39 is 0 Å². The highest BCUT2D eigenvalue weighted by Gasteiger charge is 2.21. The molecule has 0 spiro atoms. The number of fused-ring (bicyclic) bond motifs is 1. The maximum atomic E-state index is 3.54. The second-order valence-corrected chi connectivity index (χ2v) is 6.41. The molecule has 0 saturated carbocycles. The largest absolute Gasteiger partial charge is 0.385 e. The maximum absolute atomic E-state index is 3.54. The molecular formula is C17H27N3. The zero-order valence-electron chi connectivity index (χ0n) is 12.9. The van der Waals surface area contributed by atoms with Crippen molar-refractivity contribution in [1.82, 2.24) is 9.80 Å². The van der Waals surface area contributed by atoms with Gasteiger partial charge in [0.1, 0.15) is 0 Å². The highest BCUT2D eigenvalue weighted by Crippen LogP contribution is 2.27. The van der Waals surface area contributed by atoms with Crippen LogP contribution in [0.5, 0.6) is 0 Å².